The van der Waals surface area contributed by atoms with Crippen LogP contribution in [0.15, 0.2) is 69.3 Å². The first-order valence-electron chi connectivity index (χ1n) is 11.3. The van der Waals surface area contributed by atoms with Gasteiger partial charge in [0, 0.05) is 21.6 Å². The Labute approximate surface area is 218 Å². The molecule has 1 amide bonds. The van der Waals surface area contributed by atoms with Crippen LogP contribution in [0.5, 0.6) is 11.6 Å². The predicted octanol–water partition coefficient (Wildman–Crippen LogP) is 3.55. The van der Waals surface area contributed by atoms with E-state index >= 15 is 0 Å². The number of carbonyl (C=O) groups is 1. The van der Waals surface area contributed by atoms with Gasteiger partial charge in [0.05, 0.1) is 12.8 Å². The number of aromatic nitrogens is 1. The largest absolute Gasteiger partial charge is 0.497 e. The van der Waals surface area contributed by atoms with Crippen LogP contribution >= 0.6 is 11.8 Å². The third kappa shape index (κ3) is 5.14. The second kappa shape index (κ2) is 10.7. The smallest absolute Gasteiger partial charge is 0.290 e. The number of pyridine rings is 1. The van der Waals surface area contributed by atoms with E-state index in [-0.39, 0.29) is 16.6 Å². The van der Waals surface area contributed by atoms with Crippen LogP contribution in [0.2, 0.25) is 0 Å². The molecule has 2 aromatic carbocycles. The molecule has 0 radical (unpaired) electrons. The Balaban J connectivity index is 1.85. The maximum Gasteiger partial charge on any atom is 0.290 e. The maximum atomic E-state index is 13.0. The standard InChI is InChI=1S/C27H25N5O4S/c1-16-20(14-22-23(29-27(37-22)31(2)3)18-11-8-12-19(13-18)36-4)25(34)32(26(35)21(16)15-28)30-24(33)17-9-6-5-7-10-17/h5-14,27,34H,1-4H3,(H,30,33)/b22-14-. The lowest BCUT2D eigenvalue weighted by Gasteiger charge is -2.16. The number of rotatable bonds is 6. The normalized spacial score (nSPS) is 15.9. The van der Waals surface area contributed by atoms with Gasteiger partial charge in [0.1, 0.15) is 17.4 Å². The molecule has 1 atom stereocenters. The van der Waals surface area contributed by atoms with E-state index in [4.69, 9.17) is 9.73 Å². The van der Waals surface area contributed by atoms with Crippen molar-refractivity contribution < 1.29 is 14.6 Å². The van der Waals surface area contributed by atoms with Gasteiger partial charge in [-0.05, 0) is 56.9 Å². The van der Waals surface area contributed by atoms with Crippen LogP contribution in [0.4, 0.5) is 0 Å². The van der Waals surface area contributed by atoms with Crippen LogP contribution in [0, 0.1) is 18.3 Å². The van der Waals surface area contributed by atoms with Crippen molar-refractivity contribution in [2.24, 2.45) is 4.99 Å². The van der Waals surface area contributed by atoms with E-state index in [0.29, 0.717) is 32.2 Å². The van der Waals surface area contributed by atoms with Gasteiger partial charge in [-0.15, -0.1) is 0 Å². The minimum Gasteiger partial charge on any atom is -0.497 e. The molecule has 188 valence electrons. The Hall–Kier alpha value is -4.33. The van der Waals surface area contributed by atoms with Crippen molar-refractivity contribution in [3.05, 3.63) is 97.7 Å². The van der Waals surface area contributed by atoms with Gasteiger partial charge in [-0.1, -0.05) is 42.1 Å². The molecule has 1 aliphatic rings. The van der Waals surface area contributed by atoms with Crippen molar-refractivity contribution in [1.82, 2.24) is 9.58 Å². The van der Waals surface area contributed by atoms with Crippen LogP contribution in [-0.4, -0.2) is 53.0 Å². The number of nitrogens with zero attached hydrogens (tertiary/aromatic N) is 4. The molecular formula is C27H25N5O4S. The number of allylic oxidation sites excluding steroid dienone is 1. The number of aliphatic imine (C=N–C) groups is 1. The van der Waals surface area contributed by atoms with Crippen molar-refractivity contribution >= 4 is 29.5 Å². The summed E-state index contributed by atoms with van der Waals surface area (Å²) < 4.78 is 6.07. The molecule has 9 nitrogen and oxygen atoms in total. The van der Waals surface area contributed by atoms with E-state index in [1.807, 2.05) is 49.3 Å². The summed E-state index contributed by atoms with van der Waals surface area (Å²) in [4.78, 5) is 33.2. The lowest BCUT2D eigenvalue weighted by atomic mass is 10.0. The summed E-state index contributed by atoms with van der Waals surface area (Å²) in [6.45, 7) is 1.58. The highest BCUT2D eigenvalue weighted by Crippen LogP contribution is 2.38. The fraction of sp³-hybridized carbons (Fsp3) is 0.185. The van der Waals surface area contributed by atoms with Gasteiger partial charge in [0.15, 0.2) is 5.50 Å². The number of nitriles is 1. The molecule has 2 N–H and O–H groups in total. The summed E-state index contributed by atoms with van der Waals surface area (Å²) in [7, 11) is 5.40. The highest BCUT2D eigenvalue weighted by Gasteiger charge is 2.28. The average molecular weight is 516 g/mol. The topological polar surface area (TPSA) is 120 Å². The van der Waals surface area contributed by atoms with Crippen molar-refractivity contribution in [3.63, 3.8) is 0 Å². The molecular weight excluding hydrogens is 490 g/mol. The Morgan fingerprint density at radius 3 is 2.62 bits per heavy atom. The number of amides is 1. The van der Waals surface area contributed by atoms with Gasteiger partial charge < -0.3 is 9.84 Å². The number of carbonyl (C=O) groups excluding carboxylic acids is 1. The van der Waals surface area contributed by atoms with Crippen LogP contribution in [0.1, 0.15) is 32.6 Å². The first-order chi connectivity index (χ1) is 17.7. The highest BCUT2D eigenvalue weighted by atomic mass is 32.2. The SMILES string of the molecule is COc1cccc(C2=NC(N(C)C)S/C2=C\c2c(C)c(C#N)c(=O)n(NC(=O)c3ccccc3)c2O)c1. The number of hydrogen-bond acceptors (Lipinski definition) is 8. The minimum absolute atomic E-state index is 0.190. The highest BCUT2D eigenvalue weighted by molar-refractivity contribution is 8.05. The molecule has 4 rings (SSSR count). The van der Waals surface area contributed by atoms with Crippen LogP contribution in [0.3, 0.4) is 0 Å². The van der Waals surface area contributed by atoms with Gasteiger partial charge >= 0.3 is 0 Å². The first kappa shape index (κ1) is 25.8. The number of thioether (sulfide) groups is 1. The van der Waals surface area contributed by atoms with Crippen LogP contribution < -0.4 is 15.7 Å². The fourth-order valence-corrected chi connectivity index (χ4v) is 4.83. The molecule has 0 bridgehead atoms. The molecule has 0 spiro atoms. The molecule has 0 saturated heterocycles. The first-order valence-corrected chi connectivity index (χ1v) is 12.2. The van der Waals surface area contributed by atoms with E-state index in [2.05, 4.69) is 5.43 Å². The number of hydrogen-bond donors (Lipinski definition) is 2. The molecule has 1 aliphatic heterocycles. The zero-order valence-electron chi connectivity index (χ0n) is 20.7. The van der Waals surface area contributed by atoms with E-state index in [0.717, 1.165) is 5.56 Å². The fourth-order valence-electron chi connectivity index (χ4n) is 3.77. The lowest BCUT2D eigenvalue weighted by molar-refractivity contribution is 0.100. The van der Waals surface area contributed by atoms with Gasteiger partial charge in [0.25, 0.3) is 11.5 Å². The second-order valence-corrected chi connectivity index (χ2v) is 9.52. The summed E-state index contributed by atoms with van der Waals surface area (Å²) in [5.41, 5.74) is 3.47. The summed E-state index contributed by atoms with van der Waals surface area (Å²) >= 11 is 1.46. The Morgan fingerprint density at radius 2 is 1.97 bits per heavy atom. The summed E-state index contributed by atoms with van der Waals surface area (Å²) in [5.74, 6) is -0.427. The predicted molar refractivity (Wildman–Crippen MR) is 145 cm³/mol. The molecule has 37 heavy (non-hydrogen) atoms. The molecule has 10 heteroatoms. The third-order valence-corrected chi connectivity index (χ3v) is 7.08. The third-order valence-electron chi connectivity index (χ3n) is 5.78. The van der Waals surface area contributed by atoms with Crippen LogP contribution in [0.25, 0.3) is 6.08 Å². The zero-order valence-corrected chi connectivity index (χ0v) is 21.5. The number of benzene rings is 2. The Kier molecular flexibility index (Phi) is 7.47. The van der Waals surface area contributed by atoms with Crippen molar-refractivity contribution in [2.75, 3.05) is 26.6 Å². The molecule has 0 aliphatic carbocycles. The molecule has 3 aromatic rings. The number of ether oxygens (including phenoxy) is 1. The van der Waals surface area contributed by atoms with Crippen molar-refractivity contribution in [3.8, 4) is 17.7 Å². The van der Waals surface area contributed by atoms with E-state index in [1.165, 1.54) is 11.8 Å². The van der Waals surface area contributed by atoms with Crippen molar-refractivity contribution in [2.45, 2.75) is 12.4 Å². The minimum atomic E-state index is -0.823. The number of methoxy groups -OCH3 is 1. The van der Waals surface area contributed by atoms with Gasteiger partial charge in [-0.2, -0.15) is 9.94 Å². The lowest BCUT2D eigenvalue weighted by Crippen LogP contribution is -2.35. The molecule has 0 fully saturated rings. The van der Waals surface area contributed by atoms with Crippen molar-refractivity contribution in [1.29, 1.82) is 5.26 Å². The molecule has 2 heterocycles. The van der Waals surface area contributed by atoms with E-state index < -0.39 is 17.3 Å². The molecule has 1 unspecified atom stereocenters. The zero-order chi connectivity index (χ0) is 26.7. The maximum absolute atomic E-state index is 13.0. The summed E-state index contributed by atoms with van der Waals surface area (Å²) in [6.07, 6.45) is 1.68. The van der Waals surface area contributed by atoms with E-state index in [1.54, 1.807) is 50.4 Å². The van der Waals surface area contributed by atoms with Gasteiger partial charge in [0.2, 0.25) is 5.88 Å². The monoisotopic (exact) mass is 515 g/mol. The van der Waals surface area contributed by atoms with Gasteiger partial charge in [-0.3, -0.25) is 24.9 Å². The quantitative estimate of drug-likeness (QED) is 0.515. The Morgan fingerprint density at radius 1 is 1.24 bits per heavy atom. The number of aromatic hydroxyl groups is 1. The average Bonchev–Trinajstić information content (AvgIpc) is 3.34. The van der Waals surface area contributed by atoms with Gasteiger partial charge in [-0.25, -0.2) is 0 Å². The Bertz CT molecular complexity index is 1520. The summed E-state index contributed by atoms with van der Waals surface area (Å²) in [6, 6.07) is 17.6. The van der Waals surface area contributed by atoms with E-state index in [9.17, 15) is 20.0 Å². The number of nitrogens with one attached hydrogen (secondary N) is 1. The molecule has 0 saturated carbocycles. The van der Waals surface area contributed by atoms with Crippen LogP contribution in [-0.2, 0) is 0 Å². The summed E-state index contributed by atoms with van der Waals surface area (Å²) in [5, 5.41) is 20.9. The second-order valence-electron chi connectivity index (χ2n) is 8.42. The molecule has 1 aromatic heterocycles.